The van der Waals surface area contributed by atoms with Gasteiger partial charge in [0.05, 0.1) is 18.8 Å². The first-order valence-corrected chi connectivity index (χ1v) is 6.00. The van der Waals surface area contributed by atoms with Crippen molar-refractivity contribution in [1.29, 1.82) is 0 Å². The Morgan fingerprint density at radius 2 is 1.82 bits per heavy atom. The largest absolute Gasteiger partial charge is 0.497 e. The van der Waals surface area contributed by atoms with Crippen LogP contribution in [0.25, 0.3) is 0 Å². The Bertz CT molecular complexity index is 335. The Balaban J connectivity index is 2.72. The number of benzene rings is 1. The number of nitrogens with two attached hydrogens (primary N) is 1. The van der Waals surface area contributed by atoms with E-state index in [9.17, 15) is 0 Å². The highest BCUT2D eigenvalue weighted by Crippen LogP contribution is 2.20. The molecule has 0 spiro atoms. The van der Waals surface area contributed by atoms with Crippen molar-refractivity contribution in [2.75, 3.05) is 13.7 Å². The molecule has 0 radical (unpaired) electrons. The number of hydrogen-bond acceptors (Lipinski definition) is 3. The molecular formula is C14H23NO2. The van der Waals surface area contributed by atoms with E-state index in [0.29, 0.717) is 6.54 Å². The zero-order valence-corrected chi connectivity index (χ0v) is 11.2. The zero-order valence-electron chi connectivity index (χ0n) is 11.2. The van der Waals surface area contributed by atoms with Gasteiger partial charge in [0.2, 0.25) is 0 Å². The van der Waals surface area contributed by atoms with Crippen LogP contribution in [0.2, 0.25) is 0 Å². The highest BCUT2D eigenvalue weighted by Gasteiger charge is 2.25. The predicted molar refractivity (Wildman–Crippen MR) is 70.4 cm³/mol. The summed E-state index contributed by atoms with van der Waals surface area (Å²) < 4.78 is 11.0. The van der Waals surface area contributed by atoms with Crippen molar-refractivity contribution in [2.24, 2.45) is 5.73 Å². The number of methoxy groups -OCH3 is 1. The van der Waals surface area contributed by atoms with Crippen molar-refractivity contribution in [1.82, 2.24) is 0 Å². The van der Waals surface area contributed by atoms with Crippen molar-refractivity contribution < 1.29 is 9.47 Å². The first-order valence-electron chi connectivity index (χ1n) is 6.00. The predicted octanol–water partition coefficient (Wildman–Crippen LogP) is 2.38. The quantitative estimate of drug-likeness (QED) is 0.826. The Morgan fingerprint density at radius 3 is 2.24 bits per heavy atom. The van der Waals surface area contributed by atoms with Gasteiger partial charge in [-0.2, -0.15) is 0 Å². The molecule has 0 aromatic heterocycles. The smallest absolute Gasteiger partial charge is 0.118 e. The summed E-state index contributed by atoms with van der Waals surface area (Å²) in [6.45, 7) is 6.62. The van der Waals surface area contributed by atoms with E-state index in [1.54, 1.807) is 7.11 Å². The van der Waals surface area contributed by atoms with Gasteiger partial charge in [-0.1, -0.05) is 12.1 Å². The average molecular weight is 237 g/mol. The van der Waals surface area contributed by atoms with Crippen LogP contribution < -0.4 is 10.5 Å². The first kappa shape index (κ1) is 14.0. The molecule has 1 aromatic carbocycles. The van der Waals surface area contributed by atoms with Gasteiger partial charge < -0.3 is 15.2 Å². The van der Waals surface area contributed by atoms with Gasteiger partial charge in [0, 0.05) is 13.0 Å². The molecule has 0 bridgehead atoms. The molecule has 0 aliphatic carbocycles. The lowest BCUT2D eigenvalue weighted by Crippen LogP contribution is -2.41. The van der Waals surface area contributed by atoms with Gasteiger partial charge in [0.25, 0.3) is 0 Å². The third-order valence-corrected chi connectivity index (χ3v) is 2.69. The molecule has 0 saturated heterocycles. The Kier molecular flexibility index (Phi) is 4.97. The van der Waals surface area contributed by atoms with Crippen LogP contribution >= 0.6 is 0 Å². The van der Waals surface area contributed by atoms with Crippen LogP contribution in [0.4, 0.5) is 0 Å². The summed E-state index contributed by atoms with van der Waals surface area (Å²) >= 11 is 0. The molecule has 0 fully saturated rings. The molecule has 0 heterocycles. The van der Waals surface area contributed by atoms with Crippen molar-refractivity contribution in [3.8, 4) is 5.75 Å². The summed E-state index contributed by atoms with van der Waals surface area (Å²) in [6.07, 6.45) is 0.993. The number of ether oxygens (including phenoxy) is 2. The second kappa shape index (κ2) is 6.03. The number of rotatable bonds is 6. The monoisotopic (exact) mass is 237 g/mol. The van der Waals surface area contributed by atoms with Crippen molar-refractivity contribution >= 4 is 0 Å². The van der Waals surface area contributed by atoms with Crippen molar-refractivity contribution in [3.63, 3.8) is 0 Å². The van der Waals surface area contributed by atoms with E-state index < -0.39 is 0 Å². The molecule has 0 saturated carbocycles. The maximum atomic E-state index is 5.89. The van der Waals surface area contributed by atoms with Gasteiger partial charge in [-0.15, -0.1) is 0 Å². The van der Waals surface area contributed by atoms with Crippen LogP contribution in [0.1, 0.15) is 26.3 Å². The minimum Gasteiger partial charge on any atom is -0.497 e. The molecule has 0 aliphatic heterocycles. The van der Waals surface area contributed by atoms with Crippen molar-refractivity contribution in [2.45, 2.75) is 38.9 Å². The average Bonchev–Trinajstić information content (AvgIpc) is 2.29. The third kappa shape index (κ3) is 4.36. The van der Waals surface area contributed by atoms with Crippen LogP contribution in [0.5, 0.6) is 5.75 Å². The Hall–Kier alpha value is -1.06. The minimum absolute atomic E-state index is 0.182. The van der Waals surface area contributed by atoms with Crippen LogP contribution in [-0.4, -0.2) is 25.4 Å². The van der Waals surface area contributed by atoms with Crippen LogP contribution in [0, 0.1) is 0 Å². The highest BCUT2D eigenvalue weighted by atomic mass is 16.5. The molecular weight excluding hydrogens is 214 g/mol. The molecule has 3 nitrogen and oxygen atoms in total. The van der Waals surface area contributed by atoms with Crippen molar-refractivity contribution in [3.05, 3.63) is 29.8 Å². The van der Waals surface area contributed by atoms with Crippen LogP contribution in [0.15, 0.2) is 24.3 Å². The third-order valence-electron chi connectivity index (χ3n) is 2.69. The van der Waals surface area contributed by atoms with Gasteiger partial charge in [-0.3, -0.25) is 0 Å². The molecule has 1 rings (SSSR count). The van der Waals surface area contributed by atoms with Gasteiger partial charge in [0.15, 0.2) is 0 Å². The summed E-state index contributed by atoms with van der Waals surface area (Å²) in [7, 11) is 1.67. The normalized spacial score (nSPS) is 14.7. The second-order valence-corrected chi connectivity index (χ2v) is 4.85. The van der Waals surface area contributed by atoms with Gasteiger partial charge >= 0.3 is 0 Å². The van der Waals surface area contributed by atoms with Gasteiger partial charge in [-0.05, 0) is 38.5 Å². The number of hydrogen-bond donors (Lipinski definition) is 1. The fraction of sp³-hybridized carbons (Fsp3) is 0.571. The molecule has 2 N–H and O–H groups in total. The molecule has 1 unspecified atom stereocenters. The first-order chi connectivity index (χ1) is 7.99. The summed E-state index contributed by atoms with van der Waals surface area (Å²) in [5.74, 6) is 0.868. The lowest BCUT2D eigenvalue weighted by molar-refractivity contribution is -0.0611. The van der Waals surface area contributed by atoms with E-state index in [-0.39, 0.29) is 11.7 Å². The summed E-state index contributed by atoms with van der Waals surface area (Å²) in [5.41, 5.74) is 6.71. The molecule has 0 aliphatic rings. The minimum atomic E-state index is -0.303. The van der Waals surface area contributed by atoms with E-state index >= 15 is 0 Å². The molecule has 1 atom stereocenters. The Labute approximate surface area is 104 Å². The summed E-state index contributed by atoms with van der Waals surface area (Å²) in [4.78, 5) is 0. The van der Waals surface area contributed by atoms with E-state index in [1.165, 1.54) is 5.56 Å². The van der Waals surface area contributed by atoms with E-state index in [1.807, 2.05) is 26.0 Å². The molecule has 3 heteroatoms. The summed E-state index contributed by atoms with van der Waals surface area (Å²) in [5, 5.41) is 0. The fourth-order valence-electron chi connectivity index (χ4n) is 1.91. The molecule has 1 aromatic rings. The van der Waals surface area contributed by atoms with Crippen LogP contribution in [-0.2, 0) is 11.2 Å². The molecule has 96 valence electrons. The standard InChI is InChI=1S/C14H23NO2/c1-11(2)17-14(3,10-15)9-12-5-7-13(16-4)8-6-12/h5-8,11H,9-10,15H2,1-4H3. The summed E-state index contributed by atoms with van der Waals surface area (Å²) in [6, 6.07) is 8.02. The lowest BCUT2D eigenvalue weighted by atomic mass is 9.96. The highest BCUT2D eigenvalue weighted by molar-refractivity contribution is 5.28. The maximum Gasteiger partial charge on any atom is 0.118 e. The maximum absolute atomic E-state index is 5.89. The van der Waals surface area contributed by atoms with Crippen LogP contribution in [0.3, 0.4) is 0 Å². The molecule has 17 heavy (non-hydrogen) atoms. The Morgan fingerprint density at radius 1 is 1.24 bits per heavy atom. The topological polar surface area (TPSA) is 44.5 Å². The van der Waals surface area contributed by atoms with Gasteiger partial charge in [0.1, 0.15) is 5.75 Å². The van der Waals surface area contributed by atoms with E-state index in [0.717, 1.165) is 12.2 Å². The van der Waals surface area contributed by atoms with E-state index in [2.05, 4.69) is 19.1 Å². The van der Waals surface area contributed by atoms with Gasteiger partial charge in [-0.25, -0.2) is 0 Å². The SMILES string of the molecule is COc1ccc(CC(C)(CN)OC(C)C)cc1. The zero-order chi connectivity index (χ0) is 12.9. The van der Waals surface area contributed by atoms with E-state index in [4.69, 9.17) is 15.2 Å². The fourth-order valence-corrected chi connectivity index (χ4v) is 1.91. The molecule has 0 amide bonds. The second-order valence-electron chi connectivity index (χ2n) is 4.85. The lowest BCUT2D eigenvalue weighted by Gasteiger charge is -2.30.